The second-order valence-electron chi connectivity index (χ2n) is 7.01. The first-order valence-electron chi connectivity index (χ1n) is 9.84. The second kappa shape index (κ2) is 13.5. The maximum atomic E-state index is 11.2. The van der Waals surface area contributed by atoms with Gasteiger partial charge in [-0.25, -0.2) is 0 Å². The van der Waals surface area contributed by atoms with Crippen LogP contribution in [0.4, 0.5) is 0 Å². The quantitative estimate of drug-likeness (QED) is 0.200. The Morgan fingerprint density at radius 2 is 2.00 bits per heavy atom. The van der Waals surface area contributed by atoms with E-state index < -0.39 is 0 Å². The lowest BCUT2D eigenvalue weighted by molar-refractivity contribution is -0.123. The Morgan fingerprint density at radius 1 is 1.23 bits per heavy atom. The van der Waals surface area contributed by atoms with Crippen LogP contribution in [0.2, 0.25) is 0 Å². The van der Waals surface area contributed by atoms with Crippen molar-refractivity contribution in [3.63, 3.8) is 0 Å². The Balaban J connectivity index is 0.00000338. The highest BCUT2D eigenvalue weighted by molar-refractivity contribution is 14.0. The highest BCUT2D eigenvalue weighted by atomic mass is 127. The zero-order chi connectivity index (χ0) is 17.9. The number of unbranched alkanes of at least 4 members (excludes halogenated alkanes) is 1. The van der Waals surface area contributed by atoms with Crippen LogP contribution in [0, 0.1) is 5.92 Å². The van der Waals surface area contributed by atoms with E-state index in [1.807, 2.05) is 0 Å². The molecule has 2 saturated heterocycles. The van der Waals surface area contributed by atoms with Crippen molar-refractivity contribution in [1.82, 2.24) is 15.5 Å². The Bertz CT molecular complexity index is 422. The number of nitrogens with two attached hydrogens (primary N) is 1. The SMILES string of the molecule is CCNC(=NCC1CCCO1)NCCCCN1CCC(C(N)=O)CC1.I. The summed E-state index contributed by atoms with van der Waals surface area (Å²) in [5, 5.41) is 6.70. The van der Waals surface area contributed by atoms with E-state index in [2.05, 4.69) is 27.4 Å². The molecule has 0 saturated carbocycles. The van der Waals surface area contributed by atoms with Gasteiger partial charge in [-0.15, -0.1) is 24.0 Å². The van der Waals surface area contributed by atoms with Crippen LogP contribution in [0.3, 0.4) is 0 Å². The third kappa shape index (κ3) is 8.85. The van der Waals surface area contributed by atoms with Crippen molar-refractivity contribution in [3.05, 3.63) is 0 Å². The van der Waals surface area contributed by atoms with E-state index in [0.29, 0.717) is 6.10 Å². The Morgan fingerprint density at radius 3 is 2.62 bits per heavy atom. The molecule has 0 aromatic rings. The zero-order valence-corrected chi connectivity index (χ0v) is 18.4. The molecular weight excluding hydrogens is 445 g/mol. The monoisotopic (exact) mass is 481 g/mol. The van der Waals surface area contributed by atoms with Crippen LogP contribution in [0.1, 0.15) is 45.4 Å². The van der Waals surface area contributed by atoms with Gasteiger partial charge >= 0.3 is 0 Å². The number of aliphatic imine (C=N–C) groups is 1. The van der Waals surface area contributed by atoms with Crippen LogP contribution < -0.4 is 16.4 Å². The number of hydrogen-bond donors (Lipinski definition) is 3. The number of carbonyl (C=O) groups excluding carboxylic acids is 1. The molecule has 7 nitrogen and oxygen atoms in total. The van der Waals surface area contributed by atoms with Crippen LogP contribution in [0.5, 0.6) is 0 Å². The number of ether oxygens (including phenoxy) is 1. The average molecular weight is 481 g/mol. The minimum absolute atomic E-state index is 0. The molecule has 0 bridgehead atoms. The zero-order valence-electron chi connectivity index (χ0n) is 16.0. The maximum Gasteiger partial charge on any atom is 0.220 e. The van der Waals surface area contributed by atoms with Gasteiger partial charge in [0, 0.05) is 25.6 Å². The van der Waals surface area contributed by atoms with Gasteiger partial charge in [0.05, 0.1) is 12.6 Å². The summed E-state index contributed by atoms with van der Waals surface area (Å²) < 4.78 is 5.62. The first-order chi connectivity index (χ1) is 12.2. The number of guanidine groups is 1. The highest BCUT2D eigenvalue weighted by Gasteiger charge is 2.22. The molecule has 1 unspecified atom stereocenters. The molecule has 0 spiro atoms. The molecular formula is C18H36IN5O2. The van der Waals surface area contributed by atoms with Crippen LogP contribution in [-0.2, 0) is 9.53 Å². The predicted octanol–water partition coefficient (Wildman–Crippen LogP) is 1.32. The van der Waals surface area contributed by atoms with Gasteiger partial charge in [0.1, 0.15) is 0 Å². The lowest BCUT2D eigenvalue weighted by atomic mass is 9.96. The van der Waals surface area contributed by atoms with Crippen molar-refractivity contribution < 1.29 is 9.53 Å². The lowest BCUT2D eigenvalue weighted by Gasteiger charge is -2.30. The molecule has 4 N–H and O–H groups in total. The van der Waals surface area contributed by atoms with Crippen molar-refractivity contribution in [2.75, 3.05) is 45.9 Å². The van der Waals surface area contributed by atoms with Gasteiger partial charge in [0.2, 0.25) is 5.91 Å². The number of primary amides is 1. The maximum absolute atomic E-state index is 11.2. The van der Waals surface area contributed by atoms with Gasteiger partial charge in [0.25, 0.3) is 0 Å². The number of piperidine rings is 1. The third-order valence-electron chi connectivity index (χ3n) is 5.00. The topological polar surface area (TPSA) is 92.0 Å². The molecule has 0 aliphatic carbocycles. The van der Waals surface area contributed by atoms with Crippen molar-refractivity contribution in [2.24, 2.45) is 16.6 Å². The van der Waals surface area contributed by atoms with E-state index in [0.717, 1.165) is 90.4 Å². The molecule has 152 valence electrons. The molecule has 2 rings (SSSR count). The van der Waals surface area contributed by atoms with E-state index in [1.165, 1.54) is 0 Å². The number of nitrogens with zero attached hydrogens (tertiary/aromatic N) is 2. The van der Waals surface area contributed by atoms with E-state index in [1.54, 1.807) is 0 Å². The van der Waals surface area contributed by atoms with Gasteiger partial charge in [0.15, 0.2) is 5.96 Å². The number of likely N-dealkylation sites (tertiary alicyclic amines) is 1. The van der Waals surface area contributed by atoms with E-state index in [-0.39, 0.29) is 35.8 Å². The summed E-state index contributed by atoms with van der Waals surface area (Å²) in [7, 11) is 0. The summed E-state index contributed by atoms with van der Waals surface area (Å²) in [6.45, 7) is 8.57. The van der Waals surface area contributed by atoms with Crippen molar-refractivity contribution >= 4 is 35.8 Å². The minimum atomic E-state index is -0.137. The smallest absolute Gasteiger partial charge is 0.220 e. The number of hydrogen-bond acceptors (Lipinski definition) is 4. The van der Waals surface area contributed by atoms with Crippen LogP contribution in [-0.4, -0.2) is 68.7 Å². The van der Waals surface area contributed by atoms with Crippen LogP contribution in [0.25, 0.3) is 0 Å². The first-order valence-corrected chi connectivity index (χ1v) is 9.84. The molecule has 26 heavy (non-hydrogen) atoms. The highest BCUT2D eigenvalue weighted by Crippen LogP contribution is 2.16. The van der Waals surface area contributed by atoms with Crippen LogP contribution in [0.15, 0.2) is 4.99 Å². The fourth-order valence-corrected chi connectivity index (χ4v) is 3.43. The Kier molecular flexibility index (Phi) is 12.2. The number of nitrogens with one attached hydrogen (secondary N) is 2. The molecule has 2 fully saturated rings. The van der Waals surface area contributed by atoms with Crippen molar-refractivity contribution in [2.45, 2.75) is 51.6 Å². The summed E-state index contributed by atoms with van der Waals surface area (Å²) >= 11 is 0. The van der Waals surface area contributed by atoms with Crippen molar-refractivity contribution in [3.8, 4) is 0 Å². The molecule has 8 heteroatoms. The fourth-order valence-electron chi connectivity index (χ4n) is 3.43. The van der Waals surface area contributed by atoms with Gasteiger partial charge in [-0.3, -0.25) is 9.79 Å². The molecule has 0 aromatic heterocycles. The van der Waals surface area contributed by atoms with E-state index in [4.69, 9.17) is 10.5 Å². The average Bonchev–Trinajstić information content (AvgIpc) is 3.13. The van der Waals surface area contributed by atoms with Gasteiger partial charge in [-0.05, 0) is 65.1 Å². The van der Waals surface area contributed by atoms with E-state index in [9.17, 15) is 4.79 Å². The Labute approximate surface area is 174 Å². The third-order valence-corrected chi connectivity index (χ3v) is 5.00. The predicted molar refractivity (Wildman–Crippen MR) is 116 cm³/mol. The number of halogens is 1. The molecule has 2 aliphatic rings. The summed E-state index contributed by atoms with van der Waals surface area (Å²) in [4.78, 5) is 18.2. The van der Waals surface area contributed by atoms with Crippen molar-refractivity contribution in [1.29, 1.82) is 0 Å². The standard InChI is InChI=1S/C18H35N5O2.HI/c1-2-20-18(22-14-16-6-5-13-25-16)21-9-3-4-10-23-11-7-15(8-12-23)17(19)24;/h15-16H,2-14H2,1H3,(H2,19,24)(H2,20,21,22);1H. The number of carbonyl (C=O) groups is 1. The molecule has 2 heterocycles. The second-order valence-corrected chi connectivity index (χ2v) is 7.01. The molecule has 0 aromatic carbocycles. The molecule has 1 atom stereocenters. The molecule has 1 amide bonds. The molecule has 0 radical (unpaired) electrons. The summed E-state index contributed by atoms with van der Waals surface area (Å²) in [6.07, 6.45) is 6.65. The summed E-state index contributed by atoms with van der Waals surface area (Å²) in [5.74, 6) is 0.836. The minimum Gasteiger partial charge on any atom is -0.376 e. The number of rotatable bonds is 9. The largest absolute Gasteiger partial charge is 0.376 e. The van der Waals surface area contributed by atoms with Gasteiger partial charge in [-0.2, -0.15) is 0 Å². The van der Waals surface area contributed by atoms with Gasteiger partial charge in [-0.1, -0.05) is 0 Å². The molecule has 2 aliphatic heterocycles. The lowest BCUT2D eigenvalue weighted by Crippen LogP contribution is -2.40. The number of amides is 1. The normalized spacial score (nSPS) is 22.0. The first kappa shape index (κ1) is 23.4. The Hall–Kier alpha value is -0.610. The van der Waals surface area contributed by atoms with E-state index >= 15 is 0 Å². The fraction of sp³-hybridized carbons (Fsp3) is 0.889. The van der Waals surface area contributed by atoms with Gasteiger partial charge < -0.3 is 26.0 Å². The van der Waals surface area contributed by atoms with Crippen LogP contribution >= 0.6 is 24.0 Å². The summed E-state index contributed by atoms with van der Waals surface area (Å²) in [6, 6.07) is 0. The summed E-state index contributed by atoms with van der Waals surface area (Å²) in [5.41, 5.74) is 5.38.